The first kappa shape index (κ1) is 17.0. The van der Waals surface area contributed by atoms with Crippen LogP contribution in [0.3, 0.4) is 0 Å². The smallest absolute Gasteiger partial charge is 0.230 e. The summed E-state index contributed by atoms with van der Waals surface area (Å²) in [7, 11) is 0. The first-order valence-corrected chi connectivity index (χ1v) is 9.33. The van der Waals surface area contributed by atoms with Gasteiger partial charge in [0.05, 0.1) is 6.54 Å². The SMILES string of the molecule is Cc1nnc(CN2CCC(C3CC(c4ccccc4Cl)NN3)CC2)o1. The summed E-state index contributed by atoms with van der Waals surface area (Å²) < 4.78 is 5.49. The van der Waals surface area contributed by atoms with E-state index < -0.39 is 0 Å². The second-order valence-electron chi connectivity index (χ2n) is 7.03. The van der Waals surface area contributed by atoms with Crippen LogP contribution in [0.4, 0.5) is 0 Å². The predicted molar refractivity (Wildman–Crippen MR) is 95.9 cm³/mol. The fourth-order valence-corrected chi connectivity index (χ4v) is 4.23. The number of halogens is 1. The maximum Gasteiger partial charge on any atom is 0.230 e. The van der Waals surface area contributed by atoms with Crippen LogP contribution in [0.5, 0.6) is 0 Å². The molecule has 2 aromatic rings. The lowest BCUT2D eigenvalue weighted by Crippen LogP contribution is -2.42. The third-order valence-electron chi connectivity index (χ3n) is 5.34. The lowest BCUT2D eigenvalue weighted by atomic mass is 9.86. The highest BCUT2D eigenvalue weighted by Crippen LogP contribution is 2.33. The summed E-state index contributed by atoms with van der Waals surface area (Å²) in [5.41, 5.74) is 8.12. The van der Waals surface area contributed by atoms with E-state index in [0.717, 1.165) is 37.0 Å². The Morgan fingerprint density at radius 2 is 2.00 bits per heavy atom. The van der Waals surface area contributed by atoms with Crippen molar-refractivity contribution in [1.29, 1.82) is 0 Å². The first-order valence-electron chi connectivity index (χ1n) is 8.96. The Bertz CT molecular complexity index is 713. The fourth-order valence-electron chi connectivity index (χ4n) is 3.96. The molecule has 3 heterocycles. The number of aryl methyl sites for hydroxylation is 1. The van der Waals surface area contributed by atoms with Gasteiger partial charge in [-0.15, -0.1) is 10.2 Å². The molecule has 2 aliphatic heterocycles. The Morgan fingerprint density at radius 1 is 1.20 bits per heavy atom. The molecule has 6 nitrogen and oxygen atoms in total. The molecule has 0 saturated carbocycles. The zero-order chi connectivity index (χ0) is 17.2. The van der Waals surface area contributed by atoms with E-state index in [1.807, 2.05) is 25.1 Å². The Kier molecular flexibility index (Phi) is 5.03. The van der Waals surface area contributed by atoms with Crippen LogP contribution >= 0.6 is 11.6 Å². The van der Waals surface area contributed by atoms with E-state index in [1.54, 1.807) is 0 Å². The molecule has 7 heteroatoms. The van der Waals surface area contributed by atoms with Gasteiger partial charge in [0.25, 0.3) is 0 Å². The van der Waals surface area contributed by atoms with Crippen LogP contribution in [-0.4, -0.2) is 34.2 Å². The quantitative estimate of drug-likeness (QED) is 0.873. The highest BCUT2D eigenvalue weighted by atomic mass is 35.5. The maximum absolute atomic E-state index is 6.34. The van der Waals surface area contributed by atoms with E-state index in [2.05, 4.69) is 32.0 Å². The number of likely N-dealkylation sites (tertiary alicyclic amines) is 1. The average Bonchev–Trinajstić information content (AvgIpc) is 3.25. The van der Waals surface area contributed by atoms with Crippen molar-refractivity contribution in [2.45, 2.75) is 44.8 Å². The maximum atomic E-state index is 6.34. The molecule has 134 valence electrons. The zero-order valence-electron chi connectivity index (χ0n) is 14.4. The highest BCUT2D eigenvalue weighted by molar-refractivity contribution is 6.31. The van der Waals surface area contributed by atoms with E-state index in [9.17, 15) is 0 Å². The van der Waals surface area contributed by atoms with E-state index in [1.165, 1.54) is 18.4 Å². The summed E-state index contributed by atoms with van der Waals surface area (Å²) in [4.78, 5) is 2.40. The van der Waals surface area contributed by atoms with Crippen molar-refractivity contribution in [2.24, 2.45) is 5.92 Å². The normalized spacial score (nSPS) is 25.5. The molecule has 0 spiro atoms. The number of nitrogens with one attached hydrogen (secondary N) is 2. The number of rotatable bonds is 4. The minimum Gasteiger partial charge on any atom is -0.424 e. The van der Waals surface area contributed by atoms with Gasteiger partial charge in [0.1, 0.15) is 0 Å². The number of benzene rings is 1. The largest absolute Gasteiger partial charge is 0.424 e. The molecular weight excluding hydrogens is 338 g/mol. The van der Waals surface area contributed by atoms with Crippen LogP contribution in [0, 0.1) is 12.8 Å². The van der Waals surface area contributed by atoms with Crippen molar-refractivity contribution in [3.05, 3.63) is 46.6 Å². The Hall–Kier alpha value is -1.47. The third-order valence-corrected chi connectivity index (χ3v) is 5.69. The van der Waals surface area contributed by atoms with Crippen LogP contribution < -0.4 is 10.9 Å². The molecule has 0 aliphatic carbocycles. The molecule has 2 fully saturated rings. The second kappa shape index (κ2) is 7.41. The van der Waals surface area contributed by atoms with Crippen molar-refractivity contribution >= 4 is 11.6 Å². The number of aromatic nitrogens is 2. The lowest BCUT2D eigenvalue weighted by Gasteiger charge is -2.33. The van der Waals surface area contributed by atoms with E-state index in [-0.39, 0.29) is 6.04 Å². The molecule has 2 saturated heterocycles. The molecule has 2 aliphatic rings. The van der Waals surface area contributed by atoms with Crippen molar-refractivity contribution in [2.75, 3.05) is 13.1 Å². The molecule has 2 unspecified atom stereocenters. The number of nitrogens with zero attached hydrogens (tertiary/aromatic N) is 3. The second-order valence-corrected chi connectivity index (χ2v) is 7.44. The number of hydrogen-bond donors (Lipinski definition) is 2. The van der Waals surface area contributed by atoms with Crippen LogP contribution in [0.15, 0.2) is 28.7 Å². The highest BCUT2D eigenvalue weighted by Gasteiger charge is 2.33. The predicted octanol–water partition coefficient (Wildman–Crippen LogP) is 2.85. The standard InChI is InChI=1S/C18H24ClN5O/c1-12-20-23-18(25-12)11-24-8-6-13(7-9-24)16-10-17(22-21-16)14-4-2-3-5-15(14)19/h2-5,13,16-17,21-22H,6-11H2,1H3. The summed E-state index contributed by atoms with van der Waals surface area (Å²) >= 11 is 6.34. The monoisotopic (exact) mass is 361 g/mol. The van der Waals surface area contributed by atoms with Crippen LogP contribution in [0.2, 0.25) is 5.02 Å². The Morgan fingerprint density at radius 3 is 2.72 bits per heavy atom. The molecule has 0 radical (unpaired) electrons. The molecule has 1 aromatic heterocycles. The minimum atomic E-state index is 0.290. The lowest BCUT2D eigenvalue weighted by molar-refractivity contribution is 0.145. The Labute approximate surface area is 152 Å². The average molecular weight is 362 g/mol. The van der Waals surface area contributed by atoms with Crippen molar-refractivity contribution < 1.29 is 4.42 Å². The summed E-state index contributed by atoms with van der Waals surface area (Å²) in [6, 6.07) is 8.88. The molecule has 4 rings (SSSR count). The van der Waals surface area contributed by atoms with Crippen LogP contribution in [-0.2, 0) is 6.54 Å². The minimum absolute atomic E-state index is 0.290. The topological polar surface area (TPSA) is 66.2 Å². The molecule has 2 N–H and O–H groups in total. The molecule has 0 bridgehead atoms. The zero-order valence-corrected chi connectivity index (χ0v) is 15.2. The van der Waals surface area contributed by atoms with Gasteiger partial charge in [0.2, 0.25) is 11.8 Å². The van der Waals surface area contributed by atoms with Gasteiger partial charge in [0, 0.05) is 24.0 Å². The third kappa shape index (κ3) is 3.87. The first-order chi connectivity index (χ1) is 12.2. The molecule has 25 heavy (non-hydrogen) atoms. The summed E-state index contributed by atoms with van der Waals surface area (Å²) in [6.07, 6.45) is 3.45. The van der Waals surface area contributed by atoms with Crippen molar-refractivity contribution in [3.8, 4) is 0 Å². The van der Waals surface area contributed by atoms with E-state index >= 15 is 0 Å². The van der Waals surface area contributed by atoms with Gasteiger partial charge in [-0.25, -0.2) is 5.43 Å². The summed E-state index contributed by atoms with van der Waals surface area (Å²) in [5, 5.41) is 8.84. The van der Waals surface area contributed by atoms with E-state index in [0.29, 0.717) is 17.9 Å². The van der Waals surface area contributed by atoms with E-state index in [4.69, 9.17) is 16.0 Å². The summed E-state index contributed by atoms with van der Waals surface area (Å²) in [5.74, 6) is 2.03. The van der Waals surface area contributed by atoms with Crippen molar-refractivity contribution in [1.82, 2.24) is 25.9 Å². The van der Waals surface area contributed by atoms with Gasteiger partial charge in [0.15, 0.2) is 0 Å². The van der Waals surface area contributed by atoms with Crippen molar-refractivity contribution in [3.63, 3.8) is 0 Å². The number of piperidine rings is 1. The van der Waals surface area contributed by atoms with Gasteiger partial charge in [-0.3, -0.25) is 10.3 Å². The van der Waals surface area contributed by atoms with Gasteiger partial charge in [-0.1, -0.05) is 29.8 Å². The molecular formula is C18H24ClN5O. The van der Waals surface area contributed by atoms with Gasteiger partial charge in [-0.05, 0) is 49.9 Å². The van der Waals surface area contributed by atoms with Crippen LogP contribution in [0.25, 0.3) is 0 Å². The van der Waals surface area contributed by atoms with Gasteiger partial charge in [-0.2, -0.15) is 0 Å². The van der Waals surface area contributed by atoms with Gasteiger partial charge >= 0.3 is 0 Å². The molecule has 2 atom stereocenters. The Balaban J connectivity index is 1.29. The fraction of sp³-hybridized carbons (Fsp3) is 0.556. The summed E-state index contributed by atoms with van der Waals surface area (Å²) in [6.45, 7) is 4.73. The molecule has 0 amide bonds. The number of hydrazine groups is 1. The van der Waals surface area contributed by atoms with Gasteiger partial charge < -0.3 is 4.42 Å². The number of hydrogen-bond acceptors (Lipinski definition) is 6. The molecule has 1 aromatic carbocycles. The van der Waals surface area contributed by atoms with Crippen LogP contribution in [0.1, 0.15) is 42.6 Å².